The molecule has 0 aliphatic heterocycles. The monoisotopic (exact) mass is 569 g/mol. The highest BCUT2D eigenvalue weighted by molar-refractivity contribution is 5.89. The van der Waals surface area contributed by atoms with Crippen LogP contribution >= 0.6 is 0 Å². The molecule has 0 saturated heterocycles. The van der Waals surface area contributed by atoms with Gasteiger partial charge in [0.15, 0.2) is 11.5 Å². The average molecular weight is 570 g/mol. The van der Waals surface area contributed by atoms with Crippen molar-refractivity contribution in [1.82, 2.24) is 0 Å². The predicted octanol–water partition coefficient (Wildman–Crippen LogP) is 5.42. The third kappa shape index (κ3) is 11.4. The smallest absolute Gasteiger partial charge is 0.338 e. The van der Waals surface area contributed by atoms with Gasteiger partial charge >= 0.3 is 23.9 Å². The molecule has 0 heterocycles. The first-order valence-corrected chi connectivity index (χ1v) is 13.6. The number of hydrogen-bond acceptors (Lipinski definition) is 9. The zero-order valence-electron chi connectivity index (χ0n) is 25.4. The lowest BCUT2D eigenvalue weighted by molar-refractivity contribution is -0.148. The Balaban J connectivity index is 2.33. The van der Waals surface area contributed by atoms with E-state index in [2.05, 4.69) is 0 Å². The number of methoxy groups -OCH3 is 1. The van der Waals surface area contributed by atoms with Crippen molar-refractivity contribution in [3.8, 4) is 11.5 Å². The van der Waals surface area contributed by atoms with Gasteiger partial charge in [0.25, 0.3) is 0 Å². The molecule has 2 N–H and O–H groups in total. The van der Waals surface area contributed by atoms with Crippen molar-refractivity contribution in [2.75, 3.05) is 7.11 Å². The van der Waals surface area contributed by atoms with E-state index in [1.807, 2.05) is 41.5 Å². The molecule has 0 saturated carbocycles. The van der Waals surface area contributed by atoms with Crippen molar-refractivity contribution in [2.45, 2.75) is 85.8 Å². The van der Waals surface area contributed by atoms with E-state index in [4.69, 9.17) is 24.7 Å². The van der Waals surface area contributed by atoms with Crippen LogP contribution in [0.15, 0.2) is 48.5 Å². The minimum atomic E-state index is -1.58. The maximum absolute atomic E-state index is 12.9. The summed E-state index contributed by atoms with van der Waals surface area (Å²) in [6.45, 7) is 13.1. The first kappa shape index (κ1) is 33.5. The van der Waals surface area contributed by atoms with E-state index in [1.54, 1.807) is 43.3 Å². The van der Waals surface area contributed by atoms with Crippen LogP contribution in [0.3, 0.4) is 0 Å². The van der Waals surface area contributed by atoms with Gasteiger partial charge in [-0.15, -0.1) is 0 Å². The van der Waals surface area contributed by atoms with Crippen LogP contribution in [0.4, 0.5) is 0 Å². The number of hydrogen-bond donors (Lipinski definition) is 1. The lowest BCUT2D eigenvalue weighted by Gasteiger charge is -2.29. The largest absolute Gasteiger partial charge is 0.468 e. The highest BCUT2D eigenvalue weighted by Gasteiger charge is 2.38. The average Bonchev–Trinajstić information content (AvgIpc) is 2.83. The van der Waals surface area contributed by atoms with E-state index in [9.17, 15) is 19.2 Å². The van der Waals surface area contributed by atoms with Crippen molar-refractivity contribution in [1.29, 1.82) is 0 Å². The molecular formula is C32H43NO8. The van der Waals surface area contributed by atoms with Gasteiger partial charge in [0, 0.05) is 12.8 Å². The van der Waals surface area contributed by atoms with Crippen LogP contribution in [0.5, 0.6) is 11.5 Å². The number of nitrogens with two attached hydrogens (primary N) is 1. The molecule has 9 heteroatoms. The Morgan fingerprint density at radius 3 is 1.85 bits per heavy atom. The maximum atomic E-state index is 12.9. The van der Waals surface area contributed by atoms with Crippen LogP contribution in [-0.4, -0.2) is 42.6 Å². The van der Waals surface area contributed by atoms with E-state index >= 15 is 0 Å². The van der Waals surface area contributed by atoms with Gasteiger partial charge in [0.05, 0.1) is 25.5 Å². The van der Waals surface area contributed by atoms with Crippen LogP contribution in [0.25, 0.3) is 0 Å². The van der Waals surface area contributed by atoms with Crippen LogP contribution in [0, 0.1) is 10.8 Å². The third-order valence-electron chi connectivity index (χ3n) is 5.89. The summed E-state index contributed by atoms with van der Waals surface area (Å²) in [5.41, 5.74) is 5.24. The number of esters is 4. The van der Waals surface area contributed by atoms with Crippen molar-refractivity contribution in [2.24, 2.45) is 16.6 Å². The SMILES string of the molecule is COC(=O)C(N)(Cc1ccc(OC(=O)CC(C)(C)C)c(OC(=O)CC(C)(C)C)c1)C[C@H](C)OC(=O)c1ccccc1. The van der Waals surface area contributed by atoms with Crippen molar-refractivity contribution < 1.29 is 38.1 Å². The molecule has 0 spiro atoms. The molecule has 1 unspecified atom stereocenters. The van der Waals surface area contributed by atoms with E-state index in [0.717, 1.165) is 0 Å². The quantitative estimate of drug-likeness (QED) is 0.278. The Bertz CT molecular complexity index is 1230. The van der Waals surface area contributed by atoms with E-state index in [-0.39, 0.29) is 48.0 Å². The van der Waals surface area contributed by atoms with Crippen molar-refractivity contribution in [3.63, 3.8) is 0 Å². The number of rotatable bonds is 11. The topological polar surface area (TPSA) is 131 Å². The highest BCUT2D eigenvalue weighted by Crippen LogP contribution is 2.33. The zero-order chi connectivity index (χ0) is 31.0. The Labute approximate surface area is 242 Å². The molecular weight excluding hydrogens is 526 g/mol. The highest BCUT2D eigenvalue weighted by atomic mass is 16.6. The Morgan fingerprint density at radius 2 is 1.34 bits per heavy atom. The van der Waals surface area contributed by atoms with Gasteiger partial charge < -0.3 is 24.7 Å². The van der Waals surface area contributed by atoms with Crippen molar-refractivity contribution in [3.05, 3.63) is 59.7 Å². The van der Waals surface area contributed by atoms with Gasteiger partial charge in [0.2, 0.25) is 0 Å². The van der Waals surface area contributed by atoms with Gasteiger partial charge in [-0.3, -0.25) is 14.4 Å². The number of ether oxygens (including phenoxy) is 4. The van der Waals surface area contributed by atoms with Gasteiger partial charge in [-0.1, -0.05) is 65.8 Å². The second-order valence-electron chi connectivity index (χ2n) is 12.8. The molecule has 9 nitrogen and oxygen atoms in total. The fourth-order valence-corrected chi connectivity index (χ4v) is 4.18. The van der Waals surface area contributed by atoms with E-state index in [0.29, 0.717) is 11.1 Å². The fraction of sp³-hybridized carbons (Fsp3) is 0.500. The molecule has 0 aliphatic carbocycles. The van der Waals surface area contributed by atoms with Gasteiger partial charge in [-0.25, -0.2) is 4.79 Å². The summed E-state index contributed by atoms with van der Waals surface area (Å²) < 4.78 is 21.7. The predicted molar refractivity (Wildman–Crippen MR) is 154 cm³/mol. The lowest BCUT2D eigenvalue weighted by atomic mass is 9.86. The second-order valence-corrected chi connectivity index (χ2v) is 12.8. The van der Waals surface area contributed by atoms with Gasteiger partial charge in [-0.05, 0) is 47.6 Å². The summed E-state index contributed by atoms with van der Waals surface area (Å²) in [6.07, 6.45) is -0.529. The fourth-order valence-electron chi connectivity index (χ4n) is 4.18. The first-order chi connectivity index (χ1) is 18.9. The standard InChI is InChI=1S/C32H43NO8/c1-21(39-28(36)23-12-10-9-11-13-23)17-32(33,29(37)38-8)18-22-14-15-24(40-26(34)19-30(2,3)4)25(16-22)41-27(35)20-31(5,6)7/h9-16,21H,17-20,33H2,1-8H3/t21-,32?/m0/s1. The summed E-state index contributed by atoms with van der Waals surface area (Å²) in [6, 6.07) is 13.1. The summed E-state index contributed by atoms with van der Waals surface area (Å²) in [7, 11) is 1.22. The molecule has 0 radical (unpaired) electrons. The van der Waals surface area contributed by atoms with Crippen LogP contribution in [0.2, 0.25) is 0 Å². The number of benzene rings is 2. The van der Waals surface area contributed by atoms with Crippen LogP contribution in [0.1, 0.15) is 83.7 Å². The first-order valence-electron chi connectivity index (χ1n) is 13.6. The third-order valence-corrected chi connectivity index (χ3v) is 5.89. The van der Waals surface area contributed by atoms with Gasteiger partial charge in [-0.2, -0.15) is 0 Å². The minimum Gasteiger partial charge on any atom is -0.468 e. The van der Waals surface area contributed by atoms with Gasteiger partial charge in [0.1, 0.15) is 11.6 Å². The van der Waals surface area contributed by atoms with Crippen LogP contribution < -0.4 is 15.2 Å². The minimum absolute atomic E-state index is 0.0348. The van der Waals surface area contributed by atoms with E-state index < -0.39 is 35.5 Å². The normalized spacial score (nSPS) is 13.9. The second kappa shape index (κ2) is 13.8. The maximum Gasteiger partial charge on any atom is 0.338 e. The molecule has 0 fully saturated rings. The number of carbonyl (C=O) groups excluding carboxylic acids is 4. The number of carbonyl (C=O) groups is 4. The molecule has 224 valence electrons. The summed E-state index contributed by atoms with van der Waals surface area (Å²) in [4.78, 5) is 50.6. The molecule has 41 heavy (non-hydrogen) atoms. The molecule has 2 atom stereocenters. The molecule has 0 bridgehead atoms. The summed E-state index contributed by atoms with van der Waals surface area (Å²) >= 11 is 0. The van der Waals surface area contributed by atoms with Crippen LogP contribution in [-0.2, 0) is 30.3 Å². The summed E-state index contributed by atoms with van der Waals surface area (Å²) in [5.74, 6) is -2.11. The molecule has 2 rings (SSSR count). The lowest BCUT2D eigenvalue weighted by Crippen LogP contribution is -2.53. The Morgan fingerprint density at radius 1 is 0.805 bits per heavy atom. The van der Waals surface area contributed by atoms with Crippen molar-refractivity contribution >= 4 is 23.9 Å². The molecule has 0 amide bonds. The Hall–Kier alpha value is -3.72. The molecule has 2 aromatic carbocycles. The Kier molecular flexibility index (Phi) is 11.2. The van der Waals surface area contributed by atoms with E-state index in [1.165, 1.54) is 19.2 Å². The summed E-state index contributed by atoms with van der Waals surface area (Å²) in [5, 5.41) is 0. The molecule has 0 aromatic heterocycles. The zero-order valence-corrected chi connectivity index (χ0v) is 25.4. The molecule has 0 aliphatic rings. The molecule has 2 aromatic rings.